The molecule has 0 amide bonds. The van der Waals surface area contributed by atoms with Crippen LogP contribution in [0, 0.1) is 0 Å². The Hall–Kier alpha value is -0.200. The Labute approximate surface area is 91.0 Å². The Morgan fingerprint density at radius 1 is 1.47 bits per heavy atom. The van der Waals surface area contributed by atoms with Crippen molar-refractivity contribution >= 4 is 0 Å². The fourth-order valence-electron chi connectivity index (χ4n) is 1.46. The molecule has 0 spiro atoms. The normalized spacial score (nSPS) is 24.0. The summed E-state index contributed by atoms with van der Waals surface area (Å²) in [7, 11) is 3.37. The second kappa shape index (κ2) is 8.01. The summed E-state index contributed by atoms with van der Waals surface area (Å²) < 4.78 is 20.7. The molecule has 15 heavy (non-hydrogen) atoms. The van der Waals surface area contributed by atoms with Crippen LogP contribution in [0.25, 0.3) is 0 Å². The van der Waals surface area contributed by atoms with Crippen molar-refractivity contribution in [1.82, 2.24) is 5.32 Å². The molecule has 1 fully saturated rings. The van der Waals surface area contributed by atoms with Gasteiger partial charge in [0.1, 0.15) is 6.79 Å². The van der Waals surface area contributed by atoms with E-state index in [1.54, 1.807) is 14.2 Å². The Morgan fingerprint density at radius 3 is 2.93 bits per heavy atom. The molecule has 1 saturated heterocycles. The van der Waals surface area contributed by atoms with Crippen LogP contribution in [0.15, 0.2) is 0 Å². The molecule has 2 unspecified atom stereocenters. The number of rotatable bonds is 7. The maximum Gasteiger partial charge on any atom is 0.147 e. The van der Waals surface area contributed by atoms with E-state index in [0.29, 0.717) is 13.4 Å². The van der Waals surface area contributed by atoms with Crippen molar-refractivity contribution in [3.8, 4) is 0 Å². The summed E-state index contributed by atoms with van der Waals surface area (Å²) in [6, 6.07) is 0. The van der Waals surface area contributed by atoms with Crippen LogP contribution in [-0.2, 0) is 18.9 Å². The molecule has 2 atom stereocenters. The first kappa shape index (κ1) is 12.9. The highest BCUT2D eigenvalue weighted by Crippen LogP contribution is 2.04. The quantitative estimate of drug-likeness (QED) is 0.653. The molecule has 1 aliphatic rings. The zero-order valence-corrected chi connectivity index (χ0v) is 9.53. The molecular formula is C10H21NO4. The highest BCUT2D eigenvalue weighted by Gasteiger charge is 2.14. The van der Waals surface area contributed by atoms with Gasteiger partial charge in [-0.3, -0.25) is 0 Å². The lowest BCUT2D eigenvalue weighted by atomic mass is 10.2. The number of hydrogen-bond donors (Lipinski definition) is 1. The summed E-state index contributed by atoms with van der Waals surface area (Å²) in [6.45, 7) is 3.44. The van der Waals surface area contributed by atoms with Gasteiger partial charge in [0.2, 0.25) is 0 Å². The first-order valence-corrected chi connectivity index (χ1v) is 5.28. The third-order valence-corrected chi connectivity index (χ3v) is 2.40. The zero-order chi connectivity index (χ0) is 10.9. The van der Waals surface area contributed by atoms with Crippen LogP contribution >= 0.6 is 0 Å². The fourth-order valence-corrected chi connectivity index (χ4v) is 1.46. The van der Waals surface area contributed by atoms with Crippen molar-refractivity contribution in [3.05, 3.63) is 0 Å². The van der Waals surface area contributed by atoms with E-state index in [0.717, 1.165) is 26.1 Å². The van der Waals surface area contributed by atoms with E-state index in [-0.39, 0.29) is 12.2 Å². The minimum Gasteiger partial charge on any atom is -0.382 e. The molecule has 1 rings (SSSR count). The van der Waals surface area contributed by atoms with Crippen LogP contribution in [0.5, 0.6) is 0 Å². The first-order chi connectivity index (χ1) is 7.36. The van der Waals surface area contributed by atoms with Gasteiger partial charge in [0, 0.05) is 27.3 Å². The third kappa shape index (κ3) is 5.44. The molecule has 0 bridgehead atoms. The van der Waals surface area contributed by atoms with Crippen LogP contribution in [0.3, 0.4) is 0 Å². The molecule has 0 aromatic carbocycles. The van der Waals surface area contributed by atoms with Crippen LogP contribution < -0.4 is 5.32 Å². The Bertz CT molecular complexity index is 146. The molecule has 0 aromatic heterocycles. The van der Waals surface area contributed by atoms with E-state index in [9.17, 15) is 0 Å². The van der Waals surface area contributed by atoms with Gasteiger partial charge in [-0.15, -0.1) is 0 Å². The third-order valence-electron chi connectivity index (χ3n) is 2.40. The molecule has 1 heterocycles. The average Bonchev–Trinajstić information content (AvgIpc) is 2.29. The number of hydrogen-bond acceptors (Lipinski definition) is 5. The van der Waals surface area contributed by atoms with Gasteiger partial charge in [0.15, 0.2) is 0 Å². The van der Waals surface area contributed by atoms with Crippen LogP contribution in [0.2, 0.25) is 0 Å². The molecule has 0 saturated carbocycles. The van der Waals surface area contributed by atoms with E-state index in [2.05, 4.69) is 5.32 Å². The van der Waals surface area contributed by atoms with E-state index < -0.39 is 0 Å². The topological polar surface area (TPSA) is 49.0 Å². The Balaban J connectivity index is 2.03. The van der Waals surface area contributed by atoms with Gasteiger partial charge >= 0.3 is 0 Å². The molecular weight excluding hydrogens is 198 g/mol. The number of methoxy groups -OCH3 is 2. The average molecular weight is 219 g/mol. The molecule has 1 aliphatic heterocycles. The largest absolute Gasteiger partial charge is 0.382 e. The molecule has 5 heteroatoms. The lowest BCUT2D eigenvalue weighted by molar-refractivity contribution is -0.137. The monoisotopic (exact) mass is 219 g/mol. The van der Waals surface area contributed by atoms with Crippen LogP contribution in [-0.4, -0.2) is 59.5 Å². The summed E-state index contributed by atoms with van der Waals surface area (Å²) in [5.41, 5.74) is 0. The van der Waals surface area contributed by atoms with E-state index in [1.165, 1.54) is 0 Å². The van der Waals surface area contributed by atoms with E-state index in [4.69, 9.17) is 18.9 Å². The number of ether oxygens (including phenoxy) is 4. The number of nitrogens with one attached hydrogen (secondary N) is 1. The lowest BCUT2D eigenvalue weighted by Gasteiger charge is -2.24. The highest BCUT2D eigenvalue weighted by molar-refractivity contribution is 4.66. The summed E-state index contributed by atoms with van der Waals surface area (Å²) in [5.74, 6) is 0. The van der Waals surface area contributed by atoms with Crippen molar-refractivity contribution in [1.29, 1.82) is 0 Å². The van der Waals surface area contributed by atoms with Gasteiger partial charge in [-0.2, -0.15) is 0 Å². The molecule has 5 nitrogen and oxygen atoms in total. The minimum atomic E-state index is 0.106. The summed E-state index contributed by atoms with van der Waals surface area (Å²) in [5, 5.41) is 3.31. The Morgan fingerprint density at radius 2 is 2.33 bits per heavy atom. The van der Waals surface area contributed by atoms with Gasteiger partial charge in [0.05, 0.1) is 25.4 Å². The predicted octanol–water partition coefficient (Wildman–Crippen LogP) is 0.000400. The van der Waals surface area contributed by atoms with Gasteiger partial charge in [-0.1, -0.05) is 0 Å². The molecule has 90 valence electrons. The van der Waals surface area contributed by atoms with Crippen molar-refractivity contribution in [3.63, 3.8) is 0 Å². The second-order valence-electron chi connectivity index (χ2n) is 3.57. The summed E-state index contributed by atoms with van der Waals surface area (Å²) >= 11 is 0. The summed E-state index contributed by atoms with van der Waals surface area (Å²) in [6.07, 6.45) is 1.32. The maximum absolute atomic E-state index is 5.40. The predicted molar refractivity (Wildman–Crippen MR) is 55.9 cm³/mol. The first-order valence-electron chi connectivity index (χ1n) is 5.28. The van der Waals surface area contributed by atoms with E-state index in [1.807, 2.05) is 0 Å². The molecule has 0 aliphatic carbocycles. The van der Waals surface area contributed by atoms with Crippen molar-refractivity contribution in [2.24, 2.45) is 0 Å². The molecule has 1 N–H and O–H groups in total. The summed E-state index contributed by atoms with van der Waals surface area (Å²) in [4.78, 5) is 0. The lowest BCUT2D eigenvalue weighted by Crippen LogP contribution is -2.39. The standard InChI is InChI=1S/C10H21NO4/c1-12-7-10(13-2)6-11-5-9-3-4-14-8-15-9/h9-11H,3-8H2,1-2H3. The van der Waals surface area contributed by atoms with Gasteiger partial charge in [-0.05, 0) is 6.42 Å². The van der Waals surface area contributed by atoms with Crippen LogP contribution in [0.1, 0.15) is 6.42 Å². The fraction of sp³-hybridized carbons (Fsp3) is 1.00. The van der Waals surface area contributed by atoms with E-state index >= 15 is 0 Å². The highest BCUT2D eigenvalue weighted by atomic mass is 16.7. The van der Waals surface area contributed by atoms with Gasteiger partial charge in [-0.25, -0.2) is 0 Å². The maximum atomic E-state index is 5.40. The smallest absolute Gasteiger partial charge is 0.147 e. The van der Waals surface area contributed by atoms with Crippen molar-refractivity contribution in [2.45, 2.75) is 18.6 Å². The Kier molecular flexibility index (Phi) is 6.87. The van der Waals surface area contributed by atoms with Crippen LogP contribution in [0.4, 0.5) is 0 Å². The molecule has 0 radical (unpaired) electrons. The SMILES string of the molecule is COCC(CNCC1CCOCO1)OC. The molecule has 0 aromatic rings. The second-order valence-corrected chi connectivity index (χ2v) is 3.57. The minimum absolute atomic E-state index is 0.106. The zero-order valence-electron chi connectivity index (χ0n) is 9.53. The van der Waals surface area contributed by atoms with Gasteiger partial charge < -0.3 is 24.3 Å². The van der Waals surface area contributed by atoms with Gasteiger partial charge in [0.25, 0.3) is 0 Å². The van der Waals surface area contributed by atoms with Crippen molar-refractivity contribution < 1.29 is 18.9 Å². The van der Waals surface area contributed by atoms with Crippen molar-refractivity contribution in [2.75, 3.05) is 47.3 Å².